The van der Waals surface area contributed by atoms with Gasteiger partial charge in [0, 0.05) is 18.7 Å². The number of piperidine rings is 1. The molecule has 0 radical (unpaired) electrons. The molecule has 0 aliphatic carbocycles. The van der Waals surface area contributed by atoms with E-state index in [2.05, 4.69) is 15.5 Å². The highest BCUT2D eigenvalue weighted by atomic mass is 16.5. The van der Waals surface area contributed by atoms with Crippen molar-refractivity contribution >= 4 is 11.7 Å². The monoisotopic (exact) mass is 422 g/mol. The molecule has 0 bridgehead atoms. The molecular weight excluding hydrogens is 396 g/mol. The van der Waals surface area contributed by atoms with Gasteiger partial charge in [-0.25, -0.2) is 4.79 Å². The Morgan fingerprint density at radius 2 is 2.03 bits per heavy atom. The van der Waals surface area contributed by atoms with Crippen molar-refractivity contribution in [3.8, 4) is 22.9 Å². The maximum absolute atomic E-state index is 12.9. The number of methoxy groups -OCH3 is 1. The third kappa shape index (κ3) is 4.79. The molecule has 4 rings (SSSR count). The van der Waals surface area contributed by atoms with Crippen LogP contribution >= 0.6 is 0 Å². The lowest BCUT2D eigenvalue weighted by atomic mass is 9.98. The predicted octanol–water partition coefficient (Wildman–Crippen LogP) is 4.56. The third-order valence-corrected chi connectivity index (χ3v) is 5.28. The summed E-state index contributed by atoms with van der Waals surface area (Å²) in [4.78, 5) is 19.2. The van der Waals surface area contributed by atoms with E-state index in [4.69, 9.17) is 14.0 Å². The van der Waals surface area contributed by atoms with E-state index in [-0.39, 0.29) is 11.9 Å². The number of hydrogen-bond acceptors (Lipinski definition) is 6. The van der Waals surface area contributed by atoms with Crippen molar-refractivity contribution in [1.29, 1.82) is 0 Å². The van der Waals surface area contributed by atoms with Gasteiger partial charge in [0.15, 0.2) is 0 Å². The van der Waals surface area contributed by atoms with Crippen molar-refractivity contribution in [3.63, 3.8) is 0 Å². The van der Waals surface area contributed by atoms with Crippen molar-refractivity contribution in [2.24, 2.45) is 0 Å². The molecule has 0 spiro atoms. The summed E-state index contributed by atoms with van der Waals surface area (Å²) in [6, 6.07) is 14.8. The van der Waals surface area contributed by atoms with E-state index in [9.17, 15) is 4.79 Å². The molecule has 0 saturated carbocycles. The van der Waals surface area contributed by atoms with Crippen LogP contribution in [-0.4, -0.2) is 47.9 Å². The van der Waals surface area contributed by atoms with Crippen LogP contribution in [0.4, 0.5) is 10.5 Å². The van der Waals surface area contributed by atoms with Crippen LogP contribution in [0.15, 0.2) is 53.1 Å². The second kappa shape index (κ2) is 9.51. The van der Waals surface area contributed by atoms with E-state index in [1.807, 2.05) is 55.5 Å². The number of nitrogens with zero attached hydrogens (tertiary/aromatic N) is 3. The quantitative estimate of drug-likeness (QED) is 0.627. The largest absolute Gasteiger partial charge is 0.497 e. The first-order valence-electron chi connectivity index (χ1n) is 10.4. The van der Waals surface area contributed by atoms with Gasteiger partial charge in [0.25, 0.3) is 0 Å². The SMILES string of the molecule is CCOc1ccccc1NC(=O)N1CCCC(c2nc(-c3ccc(OC)cc3)no2)C1. The molecule has 1 atom stereocenters. The average Bonchev–Trinajstić information content (AvgIpc) is 3.31. The number of likely N-dealkylation sites (tertiary alicyclic amines) is 1. The number of hydrogen-bond donors (Lipinski definition) is 1. The van der Waals surface area contributed by atoms with Crippen molar-refractivity contribution < 1.29 is 18.8 Å². The summed E-state index contributed by atoms with van der Waals surface area (Å²) >= 11 is 0. The van der Waals surface area contributed by atoms with Crippen LogP contribution in [0.2, 0.25) is 0 Å². The summed E-state index contributed by atoms with van der Waals surface area (Å²) in [5.74, 6) is 2.52. The Balaban J connectivity index is 1.43. The van der Waals surface area contributed by atoms with E-state index < -0.39 is 0 Å². The van der Waals surface area contributed by atoms with Gasteiger partial charge in [0.05, 0.1) is 25.3 Å². The van der Waals surface area contributed by atoms with E-state index in [1.165, 1.54) is 0 Å². The number of para-hydroxylation sites is 2. The van der Waals surface area contributed by atoms with E-state index in [0.29, 0.717) is 42.8 Å². The molecular formula is C23H26N4O4. The van der Waals surface area contributed by atoms with Gasteiger partial charge in [-0.15, -0.1) is 0 Å². The first kappa shape index (κ1) is 20.7. The van der Waals surface area contributed by atoms with Crippen molar-refractivity contribution in [2.45, 2.75) is 25.7 Å². The third-order valence-electron chi connectivity index (χ3n) is 5.28. The molecule has 2 amide bonds. The van der Waals surface area contributed by atoms with Crippen LogP contribution in [0, 0.1) is 0 Å². The highest BCUT2D eigenvalue weighted by Crippen LogP contribution is 2.29. The van der Waals surface area contributed by atoms with Gasteiger partial charge < -0.3 is 24.2 Å². The fraction of sp³-hybridized carbons (Fsp3) is 0.348. The van der Waals surface area contributed by atoms with Gasteiger partial charge in [-0.1, -0.05) is 17.3 Å². The van der Waals surface area contributed by atoms with Crippen LogP contribution in [0.25, 0.3) is 11.4 Å². The smallest absolute Gasteiger partial charge is 0.321 e. The first-order chi connectivity index (χ1) is 15.2. The summed E-state index contributed by atoms with van der Waals surface area (Å²) in [5.41, 5.74) is 1.52. The Labute approximate surface area is 181 Å². The van der Waals surface area contributed by atoms with Gasteiger partial charge in [-0.05, 0) is 56.2 Å². The van der Waals surface area contributed by atoms with Crippen molar-refractivity contribution in [2.75, 3.05) is 32.1 Å². The number of amides is 2. The predicted molar refractivity (Wildman–Crippen MR) is 116 cm³/mol. The molecule has 2 heterocycles. The Hall–Kier alpha value is -3.55. The molecule has 1 aromatic heterocycles. The summed E-state index contributed by atoms with van der Waals surface area (Å²) in [5, 5.41) is 7.09. The normalized spacial score (nSPS) is 16.1. The fourth-order valence-corrected chi connectivity index (χ4v) is 3.67. The molecule has 31 heavy (non-hydrogen) atoms. The molecule has 8 nitrogen and oxygen atoms in total. The molecule has 8 heteroatoms. The molecule has 1 saturated heterocycles. The topological polar surface area (TPSA) is 89.7 Å². The number of aromatic nitrogens is 2. The summed E-state index contributed by atoms with van der Waals surface area (Å²) in [6.45, 7) is 3.65. The van der Waals surface area contributed by atoms with Gasteiger partial charge in [-0.2, -0.15) is 4.98 Å². The van der Waals surface area contributed by atoms with E-state index in [1.54, 1.807) is 12.0 Å². The summed E-state index contributed by atoms with van der Waals surface area (Å²) in [7, 11) is 1.63. The van der Waals surface area contributed by atoms with Crippen molar-refractivity contribution in [1.82, 2.24) is 15.0 Å². The van der Waals surface area contributed by atoms with Crippen LogP contribution in [0.1, 0.15) is 31.6 Å². The summed E-state index contributed by atoms with van der Waals surface area (Å²) < 4.78 is 16.3. The van der Waals surface area contributed by atoms with Gasteiger partial charge >= 0.3 is 6.03 Å². The molecule has 1 aliphatic heterocycles. The fourth-order valence-electron chi connectivity index (χ4n) is 3.67. The minimum absolute atomic E-state index is 0.00105. The van der Waals surface area contributed by atoms with Crippen LogP contribution in [0.3, 0.4) is 0 Å². The Bertz CT molecular complexity index is 1020. The Morgan fingerprint density at radius 1 is 1.23 bits per heavy atom. The van der Waals surface area contributed by atoms with Gasteiger partial charge in [0.1, 0.15) is 11.5 Å². The van der Waals surface area contributed by atoms with E-state index in [0.717, 1.165) is 24.2 Å². The lowest BCUT2D eigenvalue weighted by molar-refractivity contribution is 0.184. The maximum atomic E-state index is 12.9. The molecule has 1 aliphatic rings. The highest BCUT2D eigenvalue weighted by Gasteiger charge is 2.29. The summed E-state index contributed by atoms with van der Waals surface area (Å²) in [6.07, 6.45) is 1.76. The molecule has 162 valence electrons. The minimum Gasteiger partial charge on any atom is -0.497 e. The number of anilines is 1. The number of urea groups is 1. The number of ether oxygens (including phenoxy) is 2. The number of benzene rings is 2. The van der Waals surface area contributed by atoms with Crippen LogP contribution < -0.4 is 14.8 Å². The molecule has 3 aromatic rings. The van der Waals surface area contributed by atoms with Gasteiger partial charge in [0.2, 0.25) is 11.7 Å². The van der Waals surface area contributed by atoms with Crippen LogP contribution in [0.5, 0.6) is 11.5 Å². The van der Waals surface area contributed by atoms with Gasteiger partial charge in [-0.3, -0.25) is 0 Å². The zero-order valence-corrected chi connectivity index (χ0v) is 17.7. The second-order valence-corrected chi connectivity index (χ2v) is 7.33. The van der Waals surface area contributed by atoms with Crippen LogP contribution in [-0.2, 0) is 0 Å². The molecule has 1 fully saturated rings. The lowest BCUT2D eigenvalue weighted by Crippen LogP contribution is -2.41. The number of rotatable bonds is 6. The van der Waals surface area contributed by atoms with E-state index >= 15 is 0 Å². The zero-order valence-electron chi connectivity index (χ0n) is 17.7. The molecule has 1 unspecified atom stereocenters. The Morgan fingerprint density at radius 3 is 2.81 bits per heavy atom. The number of nitrogens with one attached hydrogen (secondary N) is 1. The van der Waals surface area contributed by atoms with Crippen molar-refractivity contribution in [3.05, 3.63) is 54.4 Å². The average molecular weight is 422 g/mol. The highest BCUT2D eigenvalue weighted by molar-refractivity contribution is 5.91. The number of carbonyl (C=O) groups is 1. The zero-order chi connectivity index (χ0) is 21.6. The number of carbonyl (C=O) groups excluding carboxylic acids is 1. The standard InChI is InChI=1S/C23H26N4O4/c1-3-30-20-9-5-4-8-19(20)24-23(28)27-14-6-7-17(15-27)22-25-21(26-31-22)16-10-12-18(29-2)13-11-16/h4-5,8-13,17H,3,6-7,14-15H2,1-2H3,(H,24,28). The first-order valence-corrected chi connectivity index (χ1v) is 10.4. The maximum Gasteiger partial charge on any atom is 0.321 e. The Kier molecular flexibility index (Phi) is 6.35. The molecule has 2 aromatic carbocycles. The molecule has 1 N–H and O–H groups in total. The second-order valence-electron chi connectivity index (χ2n) is 7.33. The minimum atomic E-state index is -0.160. The lowest BCUT2D eigenvalue weighted by Gasteiger charge is -2.31.